The second-order valence-electron chi connectivity index (χ2n) is 9.45. The summed E-state index contributed by atoms with van der Waals surface area (Å²) in [5.74, 6) is -5.30. The lowest BCUT2D eigenvalue weighted by Crippen LogP contribution is -2.32. The number of aromatic nitrogens is 2. The first-order valence-corrected chi connectivity index (χ1v) is 12.5. The van der Waals surface area contributed by atoms with Crippen LogP contribution >= 0.6 is 0 Å². The van der Waals surface area contributed by atoms with Gasteiger partial charge in [-0.25, -0.2) is 4.79 Å². The van der Waals surface area contributed by atoms with Gasteiger partial charge in [0.2, 0.25) is 0 Å². The van der Waals surface area contributed by atoms with Crippen LogP contribution in [0.5, 0.6) is 5.75 Å². The lowest BCUT2D eigenvalue weighted by molar-refractivity contribution is -0.274. The van der Waals surface area contributed by atoms with E-state index in [1.54, 1.807) is 24.3 Å². The van der Waals surface area contributed by atoms with Gasteiger partial charge in [-0.05, 0) is 41.3 Å². The first-order valence-electron chi connectivity index (χ1n) is 12.5. The molecule has 0 unspecified atom stereocenters. The van der Waals surface area contributed by atoms with Gasteiger partial charge >= 0.3 is 18.5 Å². The Morgan fingerprint density at radius 2 is 1.52 bits per heavy atom. The summed E-state index contributed by atoms with van der Waals surface area (Å²) in [7, 11) is 0. The van der Waals surface area contributed by atoms with Crippen LogP contribution in [-0.2, 0) is 16.1 Å². The van der Waals surface area contributed by atoms with Gasteiger partial charge in [-0.15, -0.1) is 18.3 Å². The van der Waals surface area contributed by atoms with Crippen LogP contribution in [0.4, 0.5) is 32.2 Å². The van der Waals surface area contributed by atoms with Crippen molar-refractivity contribution in [3.8, 4) is 5.75 Å². The largest absolute Gasteiger partial charge is 0.573 e. The van der Waals surface area contributed by atoms with Gasteiger partial charge in [0.1, 0.15) is 5.75 Å². The molecule has 16 heteroatoms. The van der Waals surface area contributed by atoms with E-state index in [0.717, 1.165) is 22.6 Å². The summed E-state index contributed by atoms with van der Waals surface area (Å²) in [5, 5.41) is 25.9. The van der Waals surface area contributed by atoms with Crippen LogP contribution in [0.2, 0.25) is 0 Å². The number of Topliss-reactive ketones (excluding diaryl/α,β-unsaturated/α-hetero) is 1. The van der Waals surface area contributed by atoms with Gasteiger partial charge in [0, 0.05) is 12.1 Å². The summed E-state index contributed by atoms with van der Waals surface area (Å²) in [6.07, 6.45) is -9.97. The quantitative estimate of drug-likeness (QED) is 0.232. The number of aliphatic carboxylic acids is 1. The average Bonchev–Trinajstić information content (AvgIpc) is 3.22. The lowest BCUT2D eigenvalue weighted by atomic mass is 9.91. The van der Waals surface area contributed by atoms with Crippen LogP contribution in [-0.4, -0.2) is 50.6 Å². The lowest BCUT2D eigenvalue weighted by Gasteiger charge is -2.26. The zero-order chi connectivity index (χ0) is 33.0. The van der Waals surface area contributed by atoms with Crippen molar-refractivity contribution < 1.29 is 55.7 Å². The summed E-state index contributed by atoms with van der Waals surface area (Å²) < 4.78 is 73.6. The number of hydrogen-bond donors (Lipinski definition) is 3. The van der Waals surface area contributed by atoms with Gasteiger partial charge in [0.25, 0.3) is 5.91 Å². The third-order valence-electron chi connectivity index (χ3n) is 6.13. The highest BCUT2D eigenvalue weighted by Gasteiger charge is 2.45. The molecule has 44 heavy (non-hydrogen) atoms. The molecule has 10 nitrogen and oxygen atoms in total. The molecule has 0 saturated carbocycles. The Labute approximate surface area is 245 Å². The molecule has 4 rings (SSSR count). The number of hydrogen-bond acceptors (Lipinski definition) is 8. The van der Waals surface area contributed by atoms with Crippen LogP contribution in [0, 0.1) is 0 Å². The molecule has 1 amide bonds. The fourth-order valence-corrected chi connectivity index (χ4v) is 4.01. The van der Waals surface area contributed by atoms with Crippen molar-refractivity contribution in [3.63, 3.8) is 0 Å². The maximum absolute atomic E-state index is 13.6. The van der Waals surface area contributed by atoms with E-state index in [4.69, 9.17) is 15.6 Å². The Morgan fingerprint density at radius 3 is 1.95 bits per heavy atom. The van der Waals surface area contributed by atoms with Gasteiger partial charge in [-0.3, -0.25) is 14.5 Å². The van der Waals surface area contributed by atoms with Crippen molar-refractivity contribution in [2.24, 2.45) is 5.73 Å². The molecule has 1 aliphatic rings. The number of halogens is 6. The predicted molar refractivity (Wildman–Crippen MR) is 141 cm³/mol. The second kappa shape index (κ2) is 13.1. The van der Waals surface area contributed by atoms with E-state index < -0.39 is 47.7 Å². The van der Waals surface area contributed by atoms with Crippen LogP contribution in [0.15, 0.2) is 72.0 Å². The molecule has 3 aromatic rings. The summed E-state index contributed by atoms with van der Waals surface area (Å²) in [4.78, 5) is 36.7. The molecule has 0 saturated heterocycles. The minimum Gasteiger partial charge on any atom is -0.503 e. The molecule has 2 aromatic carbocycles. The van der Waals surface area contributed by atoms with E-state index in [1.165, 1.54) is 24.3 Å². The van der Waals surface area contributed by atoms with E-state index in [1.807, 2.05) is 13.8 Å². The SMILES string of the molecule is CC(C)c1ccc(C(=O)C2=C(O)C(=O)N(c3ccc(CN)nn3)[C@@H]2c2ccc(OC(F)(F)F)cc2)cc1.O=C(O)C(F)(F)F. The number of ketones is 1. The minimum absolute atomic E-state index is 0.0207. The van der Waals surface area contributed by atoms with Crippen LogP contribution in [0.25, 0.3) is 0 Å². The normalized spacial score (nSPS) is 15.3. The monoisotopic (exact) mass is 626 g/mol. The van der Waals surface area contributed by atoms with E-state index in [9.17, 15) is 41.0 Å². The topological polar surface area (TPSA) is 156 Å². The Balaban J connectivity index is 0.000000676. The number of carboxylic acids is 1. The zero-order valence-electron chi connectivity index (χ0n) is 22.8. The van der Waals surface area contributed by atoms with Gasteiger partial charge < -0.3 is 20.7 Å². The average molecular weight is 627 g/mol. The molecular formula is C28H24F6N4O6. The van der Waals surface area contributed by atoms with E-state index >= 15 is 0 Å². The molecule has 0 radical (unpaired) electrons. The van der Waals surface area contributed by atoms with Crippen LogP contribution in [0.3, 0.4) is 0 Å². The summed E-state index contributed by atoms with van der Waals surface area (Å²) in [5.41, 5.74) is 7.24. The van der Waals surface area contributed by atoms with Gasteiger partial charge in [0.15, 0.2) is 17.4 Å². The van der Waals surface area contributed by atoms with E-state index in [2.05, 4.69) is 14.9 Å². The number of benzene rings is 2. The Bertz CT molecular complexity index is 1540. The number of amides is 1. The van der Waals surface area contributed by atoms with E-state index in [0.29, 0.717) is 5.69 Å². The summed E-state index contributed by atoms with van der Waals surface area (Å²) in [6, 6.07) is 13.2. The maximum atomic E-state index is 13.6. The van der Waals surface area contributed by atoms with Crippen molar-refractivity contribution in [3.05, 3.63) is 94.4 Å². The number of alkyl halides is 6. The number of ether oxygens (including phenoxy) is 1. The number of carbonyl (C=O) groups is 3. The van der Waals surface area contributed by atoms with Crippen LogP contribution < -0.4 is 15.4 Å². The molecule has 4 N–H and O–H groups in total. The number of anilines is 1. The molecule has 2 heterocycles. The molecule has 1 atom stereocenters. The number of nitrogens with zero attached hydrogens (tertiary/aromatic N) is 3. The fraction of sp³-hybridized carbons (Fsp3) is 0.250. The standard InChI is InChI=1S/C26H23F3N4O4.C2HF3O2/c1-14(2)15-3-5-17(6-4-15)23(34)21-22(16-7-10-19(11-8-16)37-26(27,28)29)33(25(36)24(21)35)20-12-9-18(13-30)31-32-20;3-2(4,5)1(6)7/h3-12,14,22,35H,13,30H2,1-2H3;(H,6,7)/t22-;/m1./s1. The molecule has 1 aliphatic heterocycles. The number of aliphatic hydroxyl groups excluding tert-OH is 1. The Kier molecular flexibility index (Phi) is 9.99. The van der Waals surface area contributed by atoms with E-state index in [-0.39, 0.29) is 35.0 Å². The predicted octanol–water partition coefficient (Wildman–Crippen LogP) is 5.37. The third kappa shape index (κ3) is 7.89. The van der Waals surface area contributed by atoms with Crippen molar-refractivity contribution in [2.75, 3.05) is 4.90 Å². The minimum atomic E-state index is -5.08. The second-order valence-corrected chi connectivity index (χ2v) is 9.45. The molecule has 0 spiro atoms. The van der Waals surface area contributed by atoms with Gasteiger partial charge in [0.05, 0.1) is 17.3 Å². The Hall–Kier alpha value is -4.99. The number of carboxylic acid groups (broad SMARTS) is 1. The third-order valence-corrected chi connectivity index (χ3v) is 6.13. The molecule has 1 aromatic heterocycles. The zero-order valence-corrected chi connectivity index (χ0v) is 22.8. The first kappa shape index (κ1) is 33.5. The highest BCUT2D eigenvalue weighted by molar-refractivity contribution is 6.20. The van der Waals surface area contributed by atoms with Crippen molar-refractivity contribution >= 4 is 23.5 Å². The molecule has 234 valence electrons. The number of aliphatic hydroxyl groups is 1. The number of rotatable bonds is 7. The number of carbonyl (C=O) groups excluding carboxylic acids is 2. The van der Waals surface area contributed by atoms with Gasteiger partial charge in [-0.1, -0.05) is 50.2 Å². The highest BCUT2D eigenvalue weighted by atomic mass is 19.4. The summed E-state index contributed by atoms with van der Waals surface area (Å²) in [6.45, 7) is 4.10. The molecule has 0 fully saturated rings. The summed E-state index contributed by atoms with van der Waals surface area (Å²) >= 11 is 0. The first-order chi connectivity index (χ1) is 20.4. The molecular weight excluding hydrogens is 602 g/mol. The van der Waals surface area contributed by atoms with Gasteiger partial charge in [-0.2, -0.15) is 18.3 Å². The maximum Gasteiger partial charge on any atom is 0.573 e. The van der Waals surface area contributed by atoms with Crippen molar-refractivity contribution in [1.82, 2.24) is 10.2 Å². The highest BCUT2D eigenvalue weighted by Crippen LogP contribution is 2.42. The smallest absolute Gasteiger partial charge is 0.503 e. The van der Waals surface area contributed by atoms with Crippen LogP contribution in [0.1, 0.15) is 53.0 Å². The van der Waals surface area contributed by atoms with Crippen molar-refractivity contribution in [1.29, 1.82) is 0 Å². The Morgan fingerprint density at radius 1 is 0.955 bits per heavy atom. The van der Waals surface area contributed by atoms with Crippen molar-refractivity contribution in [2.45, 2.75) is 44.9 Å². The fourth-order valence-electron chi connectivity index (χ4n) is 4.01. The number of nitrogens with two attached hydrogens (primary N) is 1. The molecule has 0 aliphatic carbocycles. The molecule has 0 bridgehead atoms.